The number of halogens is 1. The molecule has 3 rings (SSSR count). The highest BCUT2D eigenvalue weighted by molar-refractivity contribution is 6.30. The highest BCUT2D eigenvalue weighted by atomic mass is 35.5. The van der Waals surface area contributed by atoms with E-state index in [2.05, 4.69) is 15.2 Å². The van der Waals surface area contributed by atoms with Crippen molar-refractivity contribution in [3.63, 3.8) is 0 Å². The van der Waals surface area contributed by atoms with Gasteiger partial charge in [0, 0.05) is 31.6 Å². The number of benzene rings is 1. The Bertz CT molecular complexity index is 671. The molecule has 0 spiro atoms. The lowest BCUT2D eigenvalue weighted by molar-refractivity contribution is 0.0383. The highest BCUT2D eigenvalue weighted by Gasteiger charge is 2.13. The van der Waals surface area contributed by atoms with Crippen molar-refractivity contribution in [1.82, 2.24) is 15.2 Å². The van der Waals surface area contributed by atoms with E-state index < -0.39 is 0 Å². The van der Waals surface area contributed by atoms with Crippen LogP contribution in [0.4, 0.5) is 0 Å². The number of nitrogens with one attached hydrogen (secondary N) is 1. The first-order chi connectivity index (χ1) is 10.7. The van der Waals surface area contributed by atoms with Gasteiger partial charge >= 0.3 is 0 Å². The van der Waals surface area contributed by atoms with Crippen LogP contribution in [0.5, 0.6) is 0 Å². The minimum atomic E-state index is -0.117. The van der Waals surface area contributed by atoms with Gasteiger partial charge in [0.05, 0.1) is 24.3 Å². The van der Waals surface area contributed by atoms with Gasteiger partial charge in [0.2, 0.25) is 0 Å². The zero-order valence-corrected chi connectivity index (χ0v) is 13.0. The van der Waals surface area contributed by atoms with Crippen LogP contribution in [0, 0.1) is 0 Å². The fraction of sp³-hybridized carbons (Fsp3) is 0.375. The Kier molecular flexibility index (Phi) is 4.87. The minimum absolute atomic E-state index is 0.117. The second-order valence-corrected chi connectivity index (χ2v) is 5.61. The Morgan fingerprint density at radius 2 is 2.09 bits per heavy atom. The number of hydrogen-bond acceptors (Lipinski definition) is 4. The Balaban J connectivity index is 1.67. The molecular weight excluding hydrogens is 302 g/mol. The SMILES string of the molecule is O=C(NCCN1CCOCC1)c1cc(Cl)nc2ccccc12. The van der Waals surface area contributed by atoms with Crippen molar-refractivity contribution in [3.05, 3.63) is 41.0 Å². The standard InChI is InChI=1S/C16H18ClN3O2/c17-15-11-13(12-3-1-2-4-14(12)19-15)16(21)18-5-6-20-7-9-22-10-8-20/h1-4,11H,5-10H2,(H,18,21). The first kappa shape index (κ1) is 15.2. The fourth-order valence-corrected chi connectivity index (χ4v) is 2.78. The van der Waals surface area contributed by atoms with E-state index in [0.29, 0.717) is 17.3 Å². The molecule has 1 aromatic carbocycles. The molecule has 0 aliphatic carbocycles. The van der Waals surface area contributed by atoms with Gasteiger partial charge in [0.25, 0.3) is 5.91 Å². The number of carbonyl (C=O) groups excluding carboxylic acids is 1. The molecule has 6 heteroatoms. The molecular formula is C16H18ClN3O2. The fourth-order valence-electron chi connectivity index (χ4n) is 2.58. The van der Waals surface area contributed by atoms with E-state index in [-0.39, 0.29) is 5.91 Å². The number of hydrogen-bond donors (Lipinski definition) is 1. The number of fused-ring (bicyclic) bond motifs is 1. The van der Waals surface area contributed by atoms with Gasteiger partial charge in [-0.15, -0.1) is 0 Å². The molecule has 1 N–H and O–H groups in total. The number of para-hydroxylation sites is 1. The van der Waals surface area contributed by atoms with Crippen LogP contribution in [0.1, 0.15) is 10.4 Å². The van der Waals surface area contributed by atoms with Crippen LogP contribution in [-0.2, 0) is 4.74 Å². The van der Waals surface area contributed by atoms with Gasteiger partial charge in [-0.05, 0) is 12.1 Å². The summed E-state index contributed by atoms with van der Waals surface area (Å²) in [6.45, 7) is 4.79. The number of rotatable bonds is 4. The third kappa shape index (κ3) is 3.55. The van der Waals surface area contributed by atoms with Gasteiger partial charge in [-0.1, -0.05) is 29.8 Å². The zero-order valence-electron chi connectivity index (χ0n) is 12.2. The van der Waals surface area contributed by atoms with Gasteiger partial charge in [-0.25, -0.2) is 4.98 Å². The monoisotopic (exact) mass is 319 g/mol. The molecule has 22 heavy (non-hydrogen) atoms. The molecule has 1 amide bonds. The summed E-state index contributed by atoms with van der Waals surface area (Å²) >= 11 is 6.01. The maximum atomic E-state index is 12.4. The van der Waals surface area contributed by atoms with Crippen molar-refractivity contribution in [3.8, 4) is 0 Å². The maximum absolute atomic E-state index is 12.4. The second-order valence-electron chi connectivity index (χ2n) is 5.22. The van der Waals surface area contributed by atoms with Crippen LogP contribution in [0.15, 0.2) is 30.3 Å². The summed E-state index contributed by atoms with van der Waals surface area (Å²) in [6.07, 6.45) is 0. The van der Waals surface area contributed by atoms with Gasteiger partial charge in [-0.3, -0.25) is 9.69 Å². The van der Waals surface area contributed by atoms with Crippen LogP contribution in [0.25, 0.3) is 10.9 Å². The smallest absolute Gasteiger partial charge is 0.252 e. The first-order valence-corrected chi connectivity index (χ1v) is 7.75. The molecule has 0 saturated carbocycles. The number of carbonyl (C=O) groups is 1. The molecule has 116 valence electrons. The molecule has 0 atom stereocenters. The van der Waals surface area contributed by atoms with E-state index >= 15 is 0 Å². The van der Waals surface area contributed by atoms with E-state index in [4.69, 9.17) is 16.3 Å². The summed E-state index contributed by atoms with van der Waals surface area (Å²) in [4.78, 5) is 18.9. The predicted molar refractivity (Wildman–Crippen MR) is 86.3 cm³/mol. The minimum Gasteiger partial charge on any atom is -0.379 e. The molecule has 2 heterocycles. The summed E-state index contributed by atoms with van der Waals surface area (Å²) in [6, 6.07) is 9.13. The molecule has 0 radical (unpaired) electrons. The van der Waals surface area contributed by atoms with Crippen LogP contribution in [0.2, 0.25) is 5.15 Å². The molecule has 0 unspecified atom stereocenters. The summed E-state index contributed by atoms with van der Waals surface area (Å²) in [7, 11) is 0. The molecule has 0 bridgehead atoms. The van der Waals surface area contributed by atoms with Crippen LogP contribution < -0.4 is 5.32 Å². The highest BCUT2D eigenvalue weighted by Crippen LogP contribution is 2.20. The van der Waals surface area contributed by atoms with E-state index in [0.717, 1.165) is 43.8 Å². The summed E-state index contributed by atoms with van der Waals surface area (Å²) < 4.78 is 5.31. The Labute approximate surface area is 134 Å². The van der Waals surface area contributed by atoms with Gasteiger partial charge in [0.15, 0.2) is 0 Å². The van der Waals surface area contributed by atoms with Crippen LogP contribution in [0.3, 0.4) is 0 Å². The summed E-state index contributed by atoms with van der Waals surface area (Å²) in [5.74, 6) is -0.117. The Morgan fingerprint density at radius 1 is 1.32 bits per heavy atom. The van der Waals surface area contributed by atoms with Crippen molar-refractivity contribution in [2.45, 2.75) is 0 Å². The van der Waals surface area contributed by atoms with Crippen molar-refractivity contribution < 1.29 is 9.53 Å². The number of amides is 1. The van der Waals surface area contributed by atoms with E-state index in [1.807, 2.05) is 24.3 Å². The quantitative estimate of drug-likeness (QED) is 0.875. The average Bonchev–Trinajstić information content (AvgIpc) is 2.55. The van der Waals surface area contributed by atoms with Crippen LogP contribution in [-0.4, -0.2) is 55.2 Å². The van der Waals surface area contributed by atoms with Crippen molar-refractivity contribution in [2.24, 2.45) is 0 Å². The third-order valence-corrected chi connectivity index (χ3v) is 3.94. The lowest BCUT2D eigenvalue weighted by atomic mass is 10.1. The molecule has 1 aromatic heterocycles. The number of aromatic nitrogens is 1. The zero-order chi connectivity index (χ0) is 15.4. The van der Waals surface area contributed by atoms with E-state index in [1.165, 1.54) is 0 Å². The van der Waals surface area contributed by atoms with Crippen molar-refractivity contribution >= 4 is 28.4 Å². The van der Waals surface area contributed by atoms with Crippen LogP contribution >= 0.6 is 11.6 Å². The van der Waals surface area contributed by atoms with E-state index in [9.17, 15) is 4.79 Å². The molecule has 1 saturated heterocycles. The topological polar surface area (TPSA) is 54.5 Å². The first-order valence-electron chi connectivity index (χ1n) is 7.37. The van der Waals surface area contributed by atoms with Gasteiger partial charge < -0.3 is 10.1 Å². The maximum Gasteiger partial charge on any atom is 0.252 e. The average molecular weight is 320 g/mol. The molecule has 1 aliphatic heterocycles. The summed E-state index contributed by atoms with van der Waals surface area (Å²) in [5.41, 5.74) is 1.30. The Morgan fingerprint density at radius 3 is 2.91 bits per heavy atom. The largest absolute Gasteiger partial charge is 0.379 e. The van der Waals surface area contributed by atoms with Crippen molar-refractivity contribution in [2.75, 3.05) is 39.4 Å². The lowest BCUT2D eigenvalue weighted by Gasteiger charge is -2.26. The second kappa shape index (κ2) is 7.05. The summed E-state index contributed by atoms with van der Waals surface area (Å²) in [5, 5.41) is 4.10. The van der Waals surface area contributed by atoms with Gasteiger partial charge in [-0.2, -0.15) is 0 Å². The number of ether oxygens (including phenoxy) is 1. The van der Waals surface area contributed by atoms with Crippen molar-refractivity contribution in [1.29, 1.82) is 0 Å². The lowest BCUT2D eigenvalue weighted by Crippen LogP contribution is -2.41. The third-order valence-electron chi connectivity index (χ3n) is 3.75. The number of nitrogens with zero attached hydrogens (tertiary/aromatic N) is 2. The molecule has 5 nitrogen and oxygen atoms in total. The molecule has 2 aromatic rings. The van der Waals surface area contributed by atoms with Gasteiger partial charge in [0.1, 0.15) is 5.15 Å². The number of morpholine rings is 1. The Hall–Kier alpha value is -1.69. The predicted octanol–water partition coefficient (Wildman–Crippen LogP) is 1.95. The van der Waals surface area contributed by atoms with E-state index in [1.54, 1.807) is 6.07 Å². The molecule has 1 aliphatic rings. The molecule has 1 fully saturated rings. The number of pyridine rings is 1. The normalized spacial score (nSPS) is 15.9.